The Labute approximate surface area is 94.0 Å². The van der Waals surface area contributed by atoms with Crippen LogP contribution in [0.25, 0.3) is 0 Å². The van der Waals surface area contributed by atoms with Gasteiger partial charge in [-0.05, 0) is 33.6 Å². The van der Waals surface area contributed by atoms with Crippen LogP contribution in [0.3, 0.4) is 0 Å². The fourth-order valence-corrected chi connectivity index (χ4v) is 1.73. The highest BCUT2D eigenvalue weighted by Gasteiger charge is 2.12. The molecule has 1 N–H and O–H groups in total. The van der Waals surface area contributed by atoms with E-state index in [1.165, 1.54) is 12.1 Å². The van der Waals surface area contributed by atoms with Crippen LogP contribution in [0.1, 0.15) is 21.5 Å². The number of halogens is 2. The van der Waals surface area contributed by atoms with Gasteiger partial charge in [0.1, 0.15) is 0 Å². The van der Waals surface area contributed by atoms with Crippen molar-refractivity contribution in [2.75, 3.05) is 0 Å². The second-order valence-corrected chi connectivity index (χ2v) is 3.66. The summed E-state index contributed by atoms with van der Waals surface area (Å²) in [5, 5.41) is 17.5. The summed E-state index contributed by atoms with van der Waals surface area (Å²) in [6.07, 6.45) is 0. The highest BCUT2D eigenvalue weighted by molar-refractivity contribution is 9.10. The Hall–Kier alpha value is -1.05. The Balaban J connectivity index is 3.39. The predicted molar refractivity (Wildman–Crippen MR) is 55.4 cm³/mol. The number of hydrogen-bond acceptors (Lipinski definition) is 2. The van der Waals surface area contributed by atoms with Gasteiger partial charge in [-0.1, -0.05) is 0 Å². The van der Waals surface area contributed by atoms with Crippen molar-refractivity contribution in [1.82, 2.24) is 0 Å². The number of alkyl halides is 1. The molecule has 0 bridgehead atoms. The molecule has 1 rings (SSSR count). The molecule has 0 saturated heterocycles. The first kappa shape index (κ1) is 11.0. The average Bonchev–Trinajstić information content (AvgIpc) is 2.16. The van der Waals surface area contributed by atoms with Gasteiger partial charge in [0, 0.05) is 10.4 Å². The lowest BCUT2D eigenvalue weighted by Crippen LogP contribution is -2.00. The van der Waals surface area contributed by atoms with E-state index in [1.54, 1.807) is 0 Å². The summed E-state index contributed by atoms with van der Waals surface area (Å²) in [6, 6.07) is 4.81. The molecule has 0 amide bonds. The molecule has 0 spiro atoms. The lowest BCUT2D eigenvalue weighted by atomic mass is 10.1. The summed E-state index contributed by atoms with van der Waals surface area (Å²) in [5.41, 5.74) is 1.02. The average molecular weight is 275 g/mol. The van der Waals surface area contributed by atoms with Gasteiger partial charge in [0.05, 0.1) is 17.2 Å². The van der Waals surface area contributed by atoms with Crippen molar-refractivity contribution in [1.29, 1.82) is 5.26 Å². The highest BCUT2D eigenvalue weighted by atomic mass is 79.9. The summed E-state index contributed by atoms with van der Waals surface area (Å²) in [6.45, 7) is 0. The Bertz CT molecular complexity index is 426. The molecule has 0 fully saturated rings. The van der Waals surface area contributed by atoms with Gasteiger partial charge in [-0.25, -0.2) is 4.79 Å². The first-order valence-electron chi connectivity index (χ1n) is 3.62. The molecule has 0 heterocycles. The van der Waals surface area contributed by atoms with E-state index in [0.29, 0.717) is 15.6 Å². The van der Waals surface area contributed by atoms with Crippen molar-refractivity contribution in [2.24, 2.45) is 0 Å². The lowest BCUT2D eigenvalue weighted by Gasteiger charge is -2.03. The number of aromatic carboxylic acids is 1. The fourth-order valence-electron chi connectivity index (χ4n) is 0.997. The largest absolute Gasteiger partial charge is 0.478 e. The van der Waals surface area contributed by atoms with Crippen LogP contribution in [-0.2, 0) is 5.88 Å². The normalized spacial score (nSPS) is 9.50. The SMILES string of the molecule is N#Cc1cc(Br)c(C(=O)O)cc1CCl. The zero-order chi connectivity index (χ0) is 10.7. The molecule has 1 aromatic rings. The van der Waals surface area contributed by atoms with Gasteiger partial charge in [0.2, 0.25) is 0 Å². The van der Waals surface area contributed by atoms with E-state index in [-0.39, 0.29) is 11.4 Å². The second kappa shape index (κ2) is 4.45. The number of carbonyl (C=O) groups is 1. The monoisotopic (exact) mass is 273 g/mol. The Morgan fingerprint density at radius 3 is 2.71 bits per heavy atom. The van der Waals surface area contributed by atoms with E-state index < -0.39 is 5.97 Å². The van der Waals surface area contributed by atoms with Crippen molar-refractivity contribution >= 4 is 33.5 Å². The van der Waals surface area contributed by atoms with Gasteiger partial charge in [0.15, 0.2) is 0 Å². The molecule has 0 unspecified atom stereocenters. The Morgan fingerprint density at radius 2 is 2.29 bits per heavy atom. The maximum absolute atomic E-state index is 10.7. The molecule has 72 valence electrons. The zero-order valence-electron chi connectivity index (χ0n) is 6.92. The van der Waals surface area contributed by atoms with Crippen LogP contribution in [0.5, 0.6) is 0 Å². The molecule has 0 aromatic heterocycles. The molecule has 5 heteroatoms. The van der Waals surface area contributed by atoms with Crippen LogP contribution >= 0.6 is 27.5 Å². The zero-order valence-corrected chi connectivity index (χ0v) is 9.26. The number of carboxylic acid groups (broad SMARTS) is 1. The van der Waals surface area contributed by atoms with Gasteiger partial charge in [-0.15, -0.1) is 11.6 Å². The van der Waals surface area contributed by atoms with Crippen molar-refractivity contribution < 1.29 is 9.90 Å². The van der Waals surface area contributed by atoms with E-state index in [2.05, 4.69) is 15.9 Å². The summed E-state index contributed by atoms with van der Waals surface area (Å²) in [4.78, 5) is 10.7. The number of rotatable bonds is 2. The Kier molecular flexibility index (Phi) is 3.50. The molecule has 0 saturated carbocycles. The summed E-state index contributed by atoms with van der Waals surface area (Å²) >= 11 is 8.66. The van der Waals surface area contributed by atoms with Crippen LogP contribution < -0.4 is 0 Å². The number of carboxylic acids is 1. The van der Waals surface area contributed by atoms with Crippen LogP contribution in [-0.4, -0.2) is 11.1 Å². The third-order valence-electron chi connectivity index (χ3n) is 1.69. The van der Waals surface area contributed by atoms with Crippen molar-refractivity contribution in [2.45, 2.75) is 5.88 Å². The van der Waals surface area contributed by atoms with E-state index in [9.17, 15) is 4.79 Å². The summed E-state index contributed by atoms with van der Waals surface area (Å²) in [5.74, 6) is -0.927. The predicted octanol–water partition coefficient (Wildman–Crippen LogP) is 2.76. The second-order valence-electron chi connectivity index (χ2n) is 2.54. The molecule has 3 nitrogen and oxygen atoms in total. The maximum atomic E-state index is 10.7. The van der Waals surface area contributed by atoms with Gasteiger partial charge in [-0.2, -0.15) is 5.26 Å². The molecule has 0 aliphatic rings. The van der Waals surface area contributed by atoms with Crippen LogP contribution in [0, 0.1) is 11.3 Å². The molecule has 0 aliphatic carbocycles. The summed E-state index contributed by atoms with van der Waals surface area (Å²) in [7, 11) is 0. The van der Waals surface area contributed by atoms with Crippen molar-refractivity contribution in [3.63, 3.8) is 0 Å². The molecular weight excluding hydrogens is 269 g/mol. The van der Waals surface area contributed by atoms with Crippen molar-refractivity contribution in [3.05, 3.63) is 33.3 Å². The minimum absolute atomic E-state index is 0.111. The van der Waals surface area contributed by atoms with Gasteiger partial charge in [-0.3, -0.25) is 0 Å². The number of nitriles is 1. The standard InChI is InChI=1S/C9H5BrClNO2/c10-8-2-6(4-12)5(3-11)1-7(8)9(13)14/h1-2H,3H2,(H,13,14). The van der Waals surface area contributed by atoms with E-state index in [0.717, 1.165) is 0 Å². The van der Waals surface area contributed by atoms with Crippen molar-refractivity contribution in [3.8, 4) is 6.07 Å². The van der Waals surface area contributed by atoms with Gasteiger partial charge < -0.3 is 5.11 Å². The first-order valence-corrected chi connectivity index (χ1v) is 4.94. The van der Waals surface area contributed by atoms with Gasteiger partial charge >= 0.3 is 5.97 Å². The Morgan fingerprint density at radius 1 is 1.64 bits per heavy atom. The van der Waals surface area contributed by atoms with Crippen LogP contribution in [0.2, 0.25) is 0 Å². The molecule has 1 aromatic carbocycles. The quantitative estimate of drug-likeness (QED) is 0.844. The highest BCUT2D eigenvalue weighted by Crippen LogP contribution is 2.23. The van der Waals surface area contributed by atoms with E-state index >= 15 is 0 Å². The third-order valence-corrected chi connectivity index (χ3v) is 2.63. The molecule has 0 radical (unpaired) electrons. The number of hydrogen-bond donors (Lipinski definition) is 1. The minimum atomic E-state index is -1.05. The first-order chi connectivity index (χ1) is 6.60. The molecule has 0 aliphatic heterocycles. The lowest BCUT2D eigenvalue weighted by molar-refractivity contribution is 0.0696. The molecular formula is C9H5BrClNO2. The number of nitrogens with zero attached hydrogens (tertiary/aromatic N) is 1. The smallest absolute Gasteiger partial charge is 0.336 e. The summed E-state index contributed by atoms with van der Waals surface area (Å²) < 4.78 is 0.385. The topological polar surface area (TPSA) is 61.1 Å². The van der Waals surface area contributed by atoms with Crippen LogP contribution in [0.15, 0.2) is 16.6 Å². The minimum Gasteiger partial charge on any atom is -0.478 e. The fraction of sp³-hybridized carbons (Fsp3) is 0.111. The van der Waals surface area contributed by atoms with Crippen LogP contribution in [0.4, 0.5) is 0 Å². The van der Waals surface area contributed by atoms with Gasteiger partial charge in [0.25, 0.3) is 0 Å². The molecule has 0 atom stereocenters. The van der Waals surface area contributed by atoms with E-state index in [1.807, 2.05) is 6.07 Å². The third kappa shape index (κ3) is 2.06. The molecule has 14 heavy (non-hydrogen) atoms. The van der Waals surface area contributed by atoms with E-state index in [4.69, 9.17) is 22.0 Å². The number of benzene rings is 1. The maximum Gasteiger partial charge on any atom is 0.336 e.